The van der Waals surface area contributed by atoms with Crippen molar-refractivity contribution < 1.29 is 4.52 Å². The summed E-state index contributed by atoms with van der Waals surface area (Å²) in [5.41, 5.74) is 2.93. The molecule has 0 bridgehead atoms. The minimum Gasteiger partial charge on any atom is -0.344 e. The van der Waals surface area contributed by atoms with Gasteiger partial charge in [0.25, 0.3) is 5.95 Å². The topological polar surface area (TPSA) is 42.2 Å². The third-order valence-corrected chi connectivity index (χ3v) is 3.77. The van der Waals surface area contributed by atoms with Gasteiger partial charge in [-0.15, -0.1) is 0 Å². The molecule has 0 amide bonds. The van der Waals surface area contributed by atoms with Crippen LogP contribution >= 0.6 is 0 Å². The summed E-state index contributed by atoms with van der Waals surface area (Å²) in [4.78, 5) is 6.29. The molecule has 1 atom stereocenters. The molecule has 0 spiro atoms. The van der Waals surface area contributed by atoms with E-state index in [1.807, 2.05) is 19.0 Å². The number of hydrogen-bond acceptors (Lipinski definition) is 4. The van der Waals surface area contributed by atoms with Crippen LogP contribution in [0.1, 0.15) is 35.8 Å². The first kappa shape index (κ1) is 12.2. The lowest BCUT2D eigenvalue weighted by atomic mass is 9.81. The summed E-state index contributed by atoms with van der Waals surface area (Å²) in [5, 5.41) is 3.98. The molecule has 0 N–H and O–H groups in total. The van der Waals surface area contributed by atoms with Crippen LogP contribution in [0.25, 0.3) is 0 Å². The maximum atomic E-state index is 5.34. The van der Waals surface area contributed by atoms with Crippen molar-refractivity contribution in [3.05, 3.63) is 41.3 Å². The maximum Gasteiger partial charge on any atom is 0.265 e. The van der Waals surface area contributed by atoms with Gasteiger partial charge in [-0.05, 0) is 41.5 Å². The Labute approximate surface area is 113 Å². The van der Waals surface area contributed by atoms with E-state index in [9.17, 15) is 0 Å². The standard InChI is InChI=1S/C15H19N3O/c1-18(2)15-16-14(19-17-15)10-12-8-5-7-11-6-3-4-9-13(11)12/h3-4,6,9,12H,5,7-8,10H2,1-2H3. The fraction of sp³-hybridized carbons (Fsp3) is 0.467. The Bertz CT molecular complexity index is 562. The molecule has 1 aromatic carbocycles. The van der Waals surface area contributed by atoms with Gasteiger partial charge in [0.2, 0.25) is 5.89 Å². The number of fused-ring (bicyclic) bond motifs is 1. The fourth-order valence-electron chi connectivity index (χ4n) is 2.79. The fourth-order valence-corrected chi connectivity index (χ4v) is 2.79. The van der Waals surface area contributed by atoms with Crippen molar-refractivity contribution in [2.24, 2.45) is 0 Å². The van der Waals surface area contributed by atoms with Crippen molar-refractivity contribution in [1.29, 1.82) is 0 Å². The quantitative estimate of drug-likeness (QED) is 0.848. The smallest absolute Gasteiger partial charge is 0.265 e. The molecular formula is C15H19N3O. The zero-order chi connectivity index (χ0) is 13.2. The molecule has 1 unspecified atom stereocenters. The van der Waals surface area contributed by atoms with Gasteiger partial charge in [-0.1, -0.05) is 24.3 Å². The molecule has 0 saturated carbocycles. The molecule has 4 nitrogen and oxygen atoms in total. The van der Waals surface area contributed by atoms with E-state index in [0.29, 0.717) is 11.9 Å². The molecule has 0 fully saturated rings. The van der Waals surface area contributed by atoms with Crippen molar-refractivity contribution in [2.45, 2.75) is 31.6 Å². The van der Waals surface area contributed by atoms with Crippen LogP contribution in [0.4, 0.5) is 5.95 Å². The summed E-state index contributed by atoms with van der Waals surface area (Å²) in [6.45, 7) is 0. The number of nitrogens with zero attached hydrogens (tertiary/aromatic N) is 3. The molecule has 1 heterocycles. The van der Waals surface area contributed by atoms with E-state index in [0.717, 1.165) is 12.3 Å². The van der Waals surface area contributed by atoms with E-state index in [4.69, 9.17) is 4.52 Å². The summed E-state index contributed by atoms with van der Waals surface area (Å²) in [7, 11) is 3.84. The highest BCUT2D eigenvalue weighted by Crippen LogP contribution is 2.33. The lowest BCUT2D eigenvalue weighted by molar-refractivity contribution is 0.362. The first-order valence-electron chi connectivity index (χ1n) is 6.82. The van der Waals surface area contributed by atoms with Crippen LogP contribution in [0.5, 0.6) is 0 Å². The normalized spacial score (nSPS) is 18.1. The Hall–Kier alpha value is -1.84. The van der Waals surface area contributed by atoms with Crippen LogP contribution in [-0.2, 0) is 12.8 Å². The summed E-state index contributed by atoms with van der Waals surface area (Å²) in [5.74, 6) is 1.91. The minimum absolute atomic E-state index is 0.514. The largest absolute Gasteiger partial charge is 0.344 e. The molecular weight excluding hydrogens is 238 g/mol. The van der Waals surface area contributed by atoms with Gasteiger partial charge < -0.3 is 9.42 Å². The second-order valence-electron chi connectivity index (χ2n) is 5.37. The van der Waals surface area contributed by atoms with E-state index in [1.54, 1.807) is 0 Å². The third kappa shape index (κ3) is 2.48. The van der Waals surface area contributed by atoms with Crippen molar-refractivity contribution in [1.82, 2.24) is 10.1 Å². The van der Waals surface area contributed by atoms with Gasteiger partial charge in [-0.2, -0.15) is 4.98 Å². The Balaban J connectivity index is 1.80. The van der Waals surface area contributed by atoms with Gasteiger partial charge in [0.05, 0.1) is 0 Å². The molecule has 3 rings (SSSR count). The van der Waals surface area contributed by atoms with E-state index in [-0.39, 0.29) is 0 Å². The van der Waals surface area contributed by atoms with E-state index in [1.165, 1.54) is 30.4 Å². The number of hydrogen-bond donors (Lipinski definition) is 0. The van der Waals surface area contributed by atoms with Gasteiger partial charge >= 0.3 is 0 Å². The van der Waals surface area contributed by atoms with Gasteiger partial charge in [0, 0.05) is 20.5 Å². The lowest BCUT2D eigenvalue weighted by Crippen LogP contribution is -2.13. The first-order valence-corrected chi connectivity index (χ1v) is 6.82. The monoisotopic (exact) mass is 257 g/mol. The van der Waals surface area contributed by atoms with Crippen LogP contribution in [0, 0.1) is 0 Å². The van der Waals surface area contributed by atoms with Crippen molar-refractivity contribution >= 4 is 5.95 Å². The highest BCUT2D eigenvalue weighted by atomic mass is 16.5. The lowest BCUT2D eigenvalue weighted by Gasteiger charge is -2.24. The summed E-state index contributed by atoms with van der Waals surface area (Å²) < 4.78 is 5.34. The van der Waals surface area contributed by atoms with E-state index >= 15 is 0 Å². The average molecular weight is 257 g/mol. The molecule has 1 aromatic heterocycles. The maximum absolute atomic E-state index is 5.34. The zero-order valence-electron chi connectivity index (χ0n) is 11.5. The Kier molecular flexibility index (Phi) is 3.23. The highest BCUT2D eigenvalue weighted by Gasteiger charge is 2.22. The summed E-state index contributed by atoms with van der Waals surface area (Å²) in [6.07, 6.45) is 4.49. The number of aromatic nitrogens is 2. The molecule has 1 aliphatic carbocycles. The van der Waals surface area contributed by atoms with Gasteiger partial charge in [0.1, 0.15) is 0 Å². The van der Waals surface area contributed by atoms with Crippen LogP contribution in [-0.4, -0.2) is 24.2 Å². The molecule has 1 aliphatic rings. The van der Waals surface area contributed by atoms with Gasteiger partial charge in [-0.3, -0.25) is 0 Å². The SMILES string of the molecule is CN(C)c1noc(CC2CCCc3ccccc32)n1. The van der Waals surface area contributed by atoms with Crippen LogP contribution in [0.15, 0.2) is 28.8 Å². The van der Waals surface area contributed by atoms with Crippen molar-refractivity contribution in [3.63, 3.8) is 0 Å². The van der Waals surface area contributed by atoms with E-state index in [2.05, 4.69) is 34.4 Å². The number of aryl methyl sites for hydroxylation is 1. The molecule has 0 aliphatic heterocycles. The molecule has 2 aromatic rings. The molecule has 0 saturated heterocycles. The third-order valence-electron chi connectivity index (χ3n) is 3.77. The van der Waals surface area contributed by atoms with Crippen LogP contribution < -0.4 is 4.90 Å². The van der Waals surface area contributed by atoms with Crippen molar-refractivity contribution in [3.8, 4) is 0 Å². The van der Waals surface area contributed by atoms with Gasteiger partial charge in [-0.25, -0.2) is 0 Å². The number of rotatable bonds is 3. The molecule has 4 heteroatoms. The number of anilines is 1. The number of benzene rings is 1. The average Bonchev–Trinajstić information content (AvgIpc) is 2.88. The Morgan fingerprint density at radius 2 is 2.16 bits per heavy atom. The highest BCUT2D eigenvalue weighted by molar-refractivity contribution is 5.33. The second-order valence-corrected chi connectivity index (χ2v) is 5.37. The molecule has 0 radical (unpaired) electrons. The predicted octanol–water partition coefficient (Wildman–Crippen LogP) is 2.80. The van der Waals surface area contributed by atoms with Crippen LogP contribution in [0.2, 0.25) is 0 Å². The predicted molar refractivity (Wildman–Crippen MR) is 74.5 cm³/mol. The first-order chi connectivity index (χ1) is 9.24. The molecule has 100 valence electrons. The Morgan fingerprint density at radius 3 is 2.95 bits per heavy atom. The van der Waals surface area contributed by atoms with Crippen LogP contribution in [0.3, 0.4) is 0 Å². The molecule has 19 heavy (non-hydrogen) atoms. The zero-order valence-corrected chi connectivity index (χ0v) is 11.5. The van der Waals surface area contributed by atoms with Gasteiger partial charge in [0.15, 0.2) is 0 Å². The second kappa shape index (κ2) is 5.03. The minimum atomic E-state index is 0.514. The summed E-state index contributed by atoms with van der Waals surface area (Å²) >= 11 is 0. The van der Waals surface area contributed by atoms with Crippen molar-refractivity contribution in [2.75, 3.05) is 19.0 Å². The Morgan fingerprint density at radius 1 is 1.32 bits per heavy atom. The summed E-state index contributed by atoms with van der Waals surface area (Å²) in [6, 6.07) is 8.72. The van der Waals surface area contributed by atoms with E-state index < -0.39 is 0 Å².